The fourth-order valence-electron chi connectivity index (χ4n) is 2.54. The molecule has 0 spiro atoms. The van der Waals surface area contributed by atoms with Crippen molar-refractivity contribution in [1.82, 2.24) is 15.2 Å². The molecule has 3 rings (SSSR count). The summed E-state index contributed by atoms with van der Waals surface area (Å²) in [5.41, 5.74) is 7.71. The van der Waals surface area contributed by atoms with E-state index in [0.29, 0.717) is 18.3 Å². The van der Waals surface area contributed by atoms with Crippen LogP contribution in [-0.4, -0.2) is 54.6 Å². The third-order valence-electron chi connectivity index (χ3n) is 3.85. The Balaban J connectivity index is 1.49. The molecule has 2 aliphatic rings. The van der Waals surface area contributed by atoms with Crippen LogP contribution in [0.5, 0.6) is 0 Å². The van der Waals surface area contributed by atoms with Gasteiger partial charge in [-0.25, -0.2) is 0 Å². The van der Waals surface area contributed by atoms with Gasteiger partial charge in [-0.2, -0.15) is 0 Å². The summed E-state index contributed by atoms with van der Waals surface area (Å²) in [6, 6.07) is 2.39. The molecule has 6 nitrogen and oxygen atoms in total. The minimum Gasteiger partial charge on any atom is -0.396 e. The Morgan fingerprint density at radius 1 is 1.35 bits per heavy atom. The van der Waals surface area contributed by atoms with Gasteiger partial charge in [-0.3, -0.25) is 14.7 Å². The van der Waals surface area contributed by atoms with Gasteiger partial charge in [-0.1, -0.05) is 0 Å². The Labute approximate surface area is 118 Å². The van der Waals surface area contributed by atoms with E-state index in [4.69, 9.17) is 5.73 Å². The van der Waals surface area contributed by atoms with Crippen molar-refractivity contribution in [1.29, 1.82) is 0 Å². The number of nitrogens with two attached hydrogens (primary N) is 1. The van der Waals surface area contributed by atoms with Gasteiger partial charge < -0.3 is 16.0 Å². The lowest BCUT2D eigenvalue weighted by Gasteiger charge is -2.36. The minimum absolute atomic E-state index is 0.157. The fraction of sp³-hybridized carbons (Fsp3) is 0.571. The van der Waals surface area contributed by atoms with Gasteiger partial charge in [-0.05, 0) is 18.9 Å². The molecule has 1 saturated carbocycles. The highest BCUT2D eigenvalue weighted by Gasteiger charge is 2.25. The van der Waals surface area contributed by atoms with Crippen LogP contribution in [0, 0.1) is 0 Å². The first-order valence-electron chi connectivity index (χ1n) is 7.18. The molecule has 20 heavy (non-hydrogen) atoms. The predicted octanol–water partition coefficient (Wildman–Crippen LogP) is 0.0644. The number of piperazine rings is 1. The molecular weight excluding hydrogens is 254 g/mol. The van der Waals surface area contributed by atoms with E-state index < -0.39 is 0 Å². The van der Waals surface area contributed by atoms with E-state index in [1.165, 1.54) is 0 Å². The number of anilines is 2. The van der Waals surface area contributed by atoms with Gasteiger partial charge in [0.2, 0.25) is 5.91 Å². The summed E-state index contributed by atoms with van der Waals surface area (Å²) >= 11 is 0. The lowest BCUT2D eigenvalue weighted by atomic mass is 10.2. The zero-order valence-corrected chi connectivity index (χ0v) is 11.6. The molecule has 1 aliphatic carbocycles. The van der Waals surface area contributed by atoms with Crippen molar-refractivity contribution in [2.24, 2.45) is 0 Å². The molecule has 2 fully saturated rings. The fourth-order valence-corrected chi connectivity index (χ4v) is 2.54. The second-order valence-corrected chi connectivity index (χ2v) is 5.54. The van der Waals surface area contributed by atoms with Crippen LogP contribution >= 0.6 is 0 Å². The van der Waals surface area contributed by atoms with Gasteiger partial charge in [0, 0.05) is 38.4 Å². The molecule has 0 aromatic carbocycles. The molecule has 1 saturated heterocycles. The zero-order chi connectivity index (χ0) is 13.9. The number of nitrogen functional groups attached to an aromatic ring is 1. The Kier molecular flexibility index (Phi) is 3.73. The van der Waals surface area contributed by atoms with Crippen molar-refractivity contribution < 1.29 is 4.79 Å². The Hall–Kier alpha value is -1.82. The van der Waals surface area contributed by atoms with Gasteiger partial charge >= 0.3 is 0 Å². The molecule has 1 aromatic rings. The van der Waals surface area contributed by atoms with Crippen LogP contribution in [0.2, 0.25) is 0 Å². The molecule has 0 bridgehead atoms. The Morgan fingerprint density at radius 3 is 2.75 bits per heavy atom. The second kappa shape index (κ2) is 5.66. The molecule has 1 amide bonds. The van der Waals surface area contributed by atoms with Crippen LogP contribution in [0.3, 0.4) is 0 Å². The third-order valence-corrected chi connectivity index (χ3v) is 3.85. The van der Waals surface area contributed by atoms with Gasteiger partial charge in [-0.15, -0.1) is 0 Å². The predicted molar refractivity (Wildman–Crippen MR) is 78.5 cm³/mol. The van der Waals surface area contributed by atoms with Crippen molar-refractivity contribution in [3.8, 4) is 0 Å². The van der Waals surface area contributed by atoms with Gasteiger partial charge in [0.25, 0.3) is 0 Å². The van der Waals surface area contributed by atoms with Crippen molar-refractivity contribution in [2.45, 2.75) is 18.9 Å². The monoisotopic (exact) mass is 275 g/mol. The SMILES string of the molecule is Nc1cnccc1N1CCN(CC(=O)NC2CC2)CC1. The Morgan fingerprint density at radius 2 is 2.10 bits per heavy atom. The second-order valence-electron chi connectivity index (χ2n) is 5.54. The van der Waals surface area contributed by atoms with E-state index in [1.54, 1.807) is 12.4 Å². The van der Waals surface area contributed by atoms with E-state index in [2.05, 4.69) is 20.1 Å². The molecule has 108 valence electrons. The number of pyridine rings is 1. The van der Waals surface area contributed by atoms with Crippen LogP contribution < -0.4 is 16.0 Å². The summed E-state index contributed by atoms with van der Waals surface area (Å²) in [6.45, 7) is 4.08. The van der Waals surface area contributed by atoms with E-state index in [0.717, 1.165) is 44.7 Å². The van der Waals surface area contributed by atoms with Crippen molar-refractivity contribution in [2.75, 3.05) is 43.4 Å². The quantitative estimate of drug-likeness (QED) is 0.813. The molecule has 0 radical (unpaired) electrons. The third kappa shape index (κ3) is 3.19. The topological polar surface area (TPSA) is 74.5 Å². The molecule has 0 atom stereocenters. The number of hydrogen-bond donors (Lipinski definition) is 2. The number of amides is 1. The van der Waals surface area contributed by atoms with Crippen LogP contribution in [0.4, 0.5) is 11.4 Å². The van der Waals surface area contributed by atoms with Gasteiger partial charge in [0.1, 0.15) is 0 Å². The van der Waals surface area contributed by atoms with Crippen LogP contribution in [0.15, 0.2) is 18.5 Å². The lowest BCUT2D eigenvalue weighted by molar-refractivity contribution is -0.122. The molecule has 0 unspecified atom stereocenters. The number of hydrogen-bond acceptors (Lipinski definition) is 5. The molecule has 1 aliphatic heterocycles. The molecule has 3 N–H and O–H groups in total. The summed E-state index contributed by atoms with van der Waals surface area (Å²) in [5, 5.41) is 3.03. The first kappa shape index (κ1) is 13.2. The smallest absolute Gasteiger partial charge is 0.234 e. The van der Waals surface area contributed by atoms with Crippen LogP contribution in [0.1, 0.15) is 12.8 Å². The summed E-state index contributed by atoms with van der Waals surface area (Å²) in [5.74, 6) is 0.157. The Bertz CT molecular complexity index is 480. The number of carbonyl (C=O) groups is 1. The number of nitrogens with one attached hydrogen (secondary N) is 1. The minimum atomic E-state index is 0.157. The summed E-state index contributed by atoms with van der Waals surface area (Å²) in [4.78, 5) is 20.2. The van der Waals surface area contributed by atoms with E-state index in [9.17, 15) is 4.79 Å². The van der Waals surface area contributed by atoms with E-state index in [-0.39, 0.29) is 5.91 Å². The van der Waals surface area contributed by atoms with Crippen molar-refractivity contribution in [3.05, 3.63) is 18.5 Å². The lowest BCUT2D eigenvalue weighted by Crippen LogP contribution is -2.49. The maximum atomic E-state index is 11.8. The van der Waals surface area contributed by atoms with Crippen LogP contribution in [-0.2, 0) is 4.79 Å². The highest BCUT2D eigenvalue weighted by atomic mass is 16.2. The number of nitrogens with zero attached hydrogens (tertiary/aromatic N) is 3. The van der Waals surface area contributed by atoms with Crippen molar-refractivity contribution in [3.63, 3.8) is 0 Å². The summed E-state index contributed by atoms with van der Waals surface area (Å²) < 4.78 is 0. The zero-order valence-electron chi connectivity index (χ0n) is 11.6. The number of rotatable bonds is 4. The largest absolute Gasteiger partial charge is 0.396 e. The standard InChI is InChI=1S/C14H21N5O/c15-12-9-16-4-3-13(12)19-7-5-18(6-8-19)10-14(20)17-11-1-2-11/h3-4,9,11H,1-2,5-8,10,15H2,(H,17,20). The number of carbonyl (C=O) groups excluding carboxylic acids is 1. The van der Waals surface area contributed by atoms with Crippen LogP contribution in [0.25, 0.3) is 0 Å². The molecule has 6 heteroatoms. The summed E-state index contributed by atoms with van der Waals surface area (Å²) in [7, 11) is 0. The average molecular weight is 275 g/mol. The molecular formula is C14H21N5O. The average Bonchev–Trinajstić information content (AvgIpc) is 3.24. The van der Waals surface area contributed by atoms with E-state index >= 15 is 0 Å². The maximum Gasteiger partial charge on any atom is 0.234 e. The van der Waals surface area contributed by atoms with Crippen molar-refractivity contribution >= 4 is 17.3 Å². The first-order chi connectivity index (χ1) is 9.72. The first-order valence-corrected chi connectivity index (χ1v) is 7.18. The number of aromatic nitrogens is 1. The highest BCUT2D eigenvalue weighted by Crippen LogP contribution is 2.22. The summed E-state index contributed by atoms with van der Waals surface area (Å²) in [6.07, 6.45) is 5.73. The van der Waals surface area contributed by atoms with Gasteiger partial charge in [0.05, 0.1) is 24.1 Å². The normalized spacial score (nSPS) is 19.9. The van der Waals surface area contributed by atoms with E-state index in [1.807, 2.05) is 6.07 Å². The molecule has 1 aromatic heterocycles. The van der Waals surface area contributed by atoms with Gasteiger partial charge in [0.15, 0.2) is 0 Å². The maximum absolute atomic E-state index is 11.8. The highest BCUT2D eigenvalue weighted by molar-refractivity contribution is 5.78. The molecule has 2 heterocycles.